The Morgan fingerprint density at radius 1 is 0.397 bits per heavy atom. The molecule has 0 bridgehead atoms. The molecule has 63 heavy (non-hydrogen) atoms. The molecule has 4 aromatic carbocycles. The maximum atomic E-state index is 15.1. The molecule has 0 saturated heterocycles. The van der Waals surface area contributed by atoms with Crippen LogP contribution in [0.3, 0.4) is 0 Å². The smallest absolute Gasteiger partial charge is 0.252 e. The van der Waals surface area contributed by atoms with Gasteiger partial charge in [-0.25, -0.2) is 9.97 Å². The lowest BCUT2D eigenvalue weighted by Gasteiger charge is -2.38. The van der Waals surface area contributed by atoms with Crippen molar-refractivity contribution in [2.45, 2.75) is 87.0 Å². The Morgan fingerprint density at radius 2 is 0.667 bits per heavy atom. The van der Waals surface area contributed by atoms with E-state index >= 15 is 26.3 Å². The lowest BCUT2D eigenvalue weighted by molar-refractivity contribution is -0.288. The molecule has 0 fully saturated rings. The maximum absolute atomic E-state index is 15.1. The van der Waals surface area contributed by atoms with Crippen LogP contribution in [0.5, 0.6) is 0 Å². The van der Waals surface area contributed by atoms with Gasteiger partial charge in [-0.2, -0.15) is 26.3 Å². The minimum absolute atomic E-state index is 0.151. The van der Waals surface area contributed by atoms with Crippen LogP contribution >= 0.6 is 0 Å². The largest absolute Gasteiger partial charge is 0.411 e. The predicted molar refractivity (Wildman–Crippen MR) is 243 cm³/mol. The third-order valence-corrected chi connectivity index (χ3v) is 10.9. The SMILES string of the molecule is CC(=Nc1ccc(C(c2ccc(N=C(C)c3cccc(C(C)=Nc4c(C)cc(C)cc4C)n3)cc2)(C(F)(F)F)C(F)(F)F)cc1)c1cccc(C(C)=Nc2c(C)cc(C)cc2C)n1. The van der Waals surface area contributed by atoms with E-state index < -0.39 is 28.9 Å². The Morgan fingerprint density at radius 3 is 0.937 bits per heavy atom. The summed E-state index contributed by atoms with van der Waals surface area (Å²) in [6, 6.07) is 26.7. The summed E-state index contributed by atoms with van der Waals surface area (Å²) in [4.78, 5) is 28.1. The number of pyridine rings is 2. The van der Waals surface area contributed by atoms with Gasteiger partial charge in [0.15, 0.2) is 0 Å². The number of hydrogen-bond acceptors (Lipinski definition) is 6. The first kappa shape index (κ1) is 46.0. The molecule has 324 valence electrons. The van der Waals surface area contributed by atoms with Crippen molar-refractivity contribution in [3.63, 3.8) is 0 Å². The molecule has 0 aliphatic heterocycles. The van der Waals surface area contributed by atoms with E-state index in [1.807, 2.05) is 55.4 Å². The number of aromatic nitrogens is 2. The van der Waals surface area contributed by atoms with Crippen LogP contribution in [0.2, 0.25) is 0 Å². The first-order chi connectivity index (χ1) is 29.6. The van der Waals surface area contributed by atoms with Crippen molar-refractivity contribution in [3.8, 4) is 0 Å². The summed E-state index contributed by atoms with van der Waals surface area (Å²) in [6.07, 6.45) is -11.5. The van der Waals surface area contributed by atoms with E-state index in [0.717, 1.165) is 93.3 Å². The van der Waals surface area contributed by atoms with Crippen molar-refractivity contribution in [1.29, 1.82) is 0 Å². The topological polar surface area (TPSA) is 75.2 Å². The summed E-state index contributed by atoms with van der Waals surface area (Å²) >= 11 is 0. The van der Waals surface area contributed by atoms with Gasteiger partial charge in [0.05, 0.1) is 68.4 Å². The fourth-order valence-corrected chi connectivity index (χ4v) is 7.88. The van der Waals surface area contributed by atoms with E-state index in [1.54, 1.807) is 50.2 Å². The fraction of sp³-hybridized carbons (Fsp3) is 0.255. The number of aryl methyl sites for hydroxylation is 6. The average Bonchev–Trinajstić information content (AvgIpc) is 3.21. The van der Waals surface area contributed by atoms with Gasteiger partial charge in [-0.05, 0) is 151 Å². The number of benzene rings is 4. The van der Waals surface area contributed by atoms with Gasteiger partial charge >= 0.3 is 12.4 Å². The Balaban J connectivity index is 1.28. The predicted octanol–water partition coefficient (Wildman–Crippen LogP) is 14.3. The quantitative estimate of drug-likeness (QED) is 0.102. The van der Waals surface area contributed by atoms with Crippen LogP contribution in [0.1, 0.15) is 95.0 Å². The standard InChI is InChI=1S/C51H48F6N6/c1-29-25-31(3)47(32(4)26-29)60-37(9)45-15-11-13-43(62-45)35(7)58-41-21-17-39(18-22-41)49(50(52,53)54,51(55,56)57)40-19-23-42(24-20-40)59-36(8)44-14-12-16-46(63-44)38(10)61-48-33(5)27-30(2)28-34(48)6/h11-28H,1-10H3. The Labute approximate surface area is 364 Å². The lowest BCUT2D eigenvalue weighted by Crippen LogP contribution is -2.54. The maximum Gasteiger partial charge on any atom is 0.411 e. The van der Waals surface area contributed by atoms with Crippen molar-refractivity contribution in [2.75, 3.05) is 0 Å². The third-order valence-electron chi connectivity index (χ3n) is 10.9. The number of alkyl halides is 6. The van der Waals surface area contributed by atoms with E-state index in [4.69, 9.17) is 20.0 Å². The van der Waals surface area contributed by atoms with Crippen molar-refractivity contribution in [1.82, 2.24) is 9.97 Å². The first-order valence-electron chi connectivity index (χ1n) is 20.3. The summed E-state index contributed by atoms with van der Waals surface area (Å²) in [5, 5.41) is 0. The zero-order valence-corrected chi connectivity index (χ0v) is 36.8. The molecular weight excluding hydrogens is 811 g/mol. The van der Waals surface area contributed by atoms with Gasteiger partial charge in [-0.3, -0.25) is 20.0 Å². The van der Waals surface area contributed by atoms with Gasteiger partial charge < -0.3 is 0 Å². The Kier molecular flexibility index (Phi) is 13.2. The Hall–Kier alpha value is -6.56. The third kappa shape index (κ3) is 9.75. The number of hydrogen-bond donors (Lipinski definition) is 0. The number of nitrogens with zero attached hydrogens (tertiary/aromatic N) is 6. The van der Waals surface area contributed by atoms with E-state index in [1.165, 1.54) is 0 Å². The van der Waals surface area contributed by atoms with Crippen LogP contribution in [0, 0.1) is 41.5 Å². The van der Waals surface area contributed by atoms with Gasteiger partial charge in [0.1, 0.15) is 0 Å². The molecule has 0 atom stereocenters. The van der Waals surface area contributed by atoms with Crippen LogP contribution in [0.25, 0.3) is 0 Å². The molecule has 0 unspecified atom stereocenters. The molecule has 0 saturated carbocycles. The molecule has 0 N–H and O–H groups in total. The van der Waals surface area contributed by atoms with Crippen LogP contribution in [-0.2, 0) is 5.41 Å². The summed E-state index contributed by atoms with van der Waals surface area (Å²) in [5.41, 5.74) is 6.26. The molecule has 12 heteroatoms. The van der Waals surface area contributed by atoms with Crippen molar-refractivity contribution >= 4 is 45.6 Å². The van der Waals surface area contributed by atoms with Gasteiger partial charge in [0.2, 0.25) is 5.41 Å². The van der Waals surface area contributed by atoms with E-state index in [-0.39, 0.29) is 11.4 Å². The number of aliphatic imine (C=N–C) groups is 4. The van der Waals surface area contributed by atoms with E-state index in [9.17, 15) is 0 Å². The van der Waals surface area contributed by atoms with Crippen LogP contribution in [-0.4, -0.2) is 45.2 Å². The molecule has 2 heterocycles. The van der Waals surface area contributed by atoms with Gasteiger partial charge in [-0.1, -0.05) is 71.8 Å². The van der Waals surface area contributed by atoms with Gasteiger partial charge in [0, 0.05) is 0 Å². The highest BCUT2D eigenvalue weighted by atomic mass is 19.4. The molecule has 0 radical (unpaired) electrons. The monoisotopic (exact) mass is 858 g/mol. The molecule has 0 aliphatic carbocycles. The molecular formula is C51H48F6N6. The highest BCUT2D eigenvalue weighted by molar-refractivity contribution is 6.03. The Bertz CT molecular complexity index is 2560. The summed E-state index contributed by atoms with van der Waals surface area (Å²) in [6.45, 7) is 19.0. The molecule has 6 aromatic rings. The summed E-state index contributed by atoms with van der Waals surface area (Å²) < 4.78 is 90.6. The van der Waals surface area contributed by atoms with Gasteiger partial charge in [0.25, 0.3) is 0 Å². The molecule has 0 amide bonds. The van der Waals surface area contributed by atoms with Gasteiger partial charge in [-0.15, -0.1) is 0 Å². The van der Waals surface area contributed by atoms with E-state index in [0.29, 0.717) is 45.6 Å². The summed E-state index contributed by atoms with van der Waals surface area (Å²) in [7, 11) is 0. The zero-order chi connectivity index (χ0) is 46.0. The molecule has 6 nitrogen and oxygen atoms in total. The highest BCUT2D eigenvalue weighted by Gasteiger charge is 2.72. The van der Waals surface area contributed by atoms with Crippen LogP contribution in [0.4, 0.5) is 49.1 Å². The minimum Gasteiger partial charge on any atom is -0.252 e. The molecule has 2 aromatic heterocycles. The fourth-order valence-electron chi connectivity index (χ4n) is 7.88. The lowest BCUT2D eigenvalue weighted by atomic mass is 9.73. The van der Waals surface area contributed by atoms with Crippen LogP contribution in [0.15, 0.2) is 129 Å². The molecule has 0 aliphatic rings. The average molecular weight is 859 g/mol. The zero-order valence-electron chi connectivity index (χ0n) is 36.8. The van der Waals surface area contributed by atoms with Crippen molar-refractivity contribution in [3.05, 3.63) is 176 Å². The number of halogens is 6. The minimum atomic E-state index is -5.77. The molecule has 6 rings (SSSR count). The second-order valence-electron chi connectivity index (χ2n) is 15.9. The summed E-state index contributed by atoms with van der Waals surface area (Å²) in [5.74, 6) is 0. The highest BCUT2D eigenvalue weighted by Crippen LogP contribution is 2.56. The second kappa shape index (κ2) is 18.0. The molecule has 0 spiro atoms. The second-order valence-corrected chi connectivity index (χ2v) is 15.9. The van der Waals surface area contributed by atoms with E-state index in [2.05, 4.69) is 34.3 Å². The number of rotatable bonds is 10. The van der Waals surface area contributed by atoms with Crippen molar-refractivity contribution in [2.24, 2.45) is 20.0 Å². The van der Waals surface area contributed by atoms with Crippen LogP contribution < -0.4 is 0 Å². The first-order valence-corrected chi connectivity index (χ1v) is 20.3. The normalized spacial score (nSPS) is 13.5. The van der Waals surface area contributed by atoms with Crippen molar-refractivity contribution < 1.29 is 26.3 Å².